The smallest absolute Gasteiger partial charge is 0.335 e. The lowest BCUT2D eigenvalue weighted by Crippen LogP contribution is -2.33. The molecule has 1 aliphatic heterocycles. The van der Waals surface area contributed by atoms with Crippen LogP contribution in [0.3, 0.4) is 0 Å². The molecule has 2 aromatic heterocycles. The predicted octanol–water partition coefficient (Wildman–Crippen LogP) is 2.33. The van der Waals surface area contributed by atoms with E-state index >= 15 is 0 Å². The van der Waals surface area contributed by atoms with E-state index in [-0.39, 0.29) is 17.3 Å². The maximum atomic E-state index is 14.2. The molecule has 0 radical (unpaired) electrons. The van der Waals surface area contributed by atoms with Gasteiger partial charge in [-0.15, -0.1) is 0 Å². The third-order valence-electron chi connectivity index (χ3n) is 5.09. The van der Waals surface area contributed by atoms with E-state index < -0.39 is 22.9 Å². The first kappa shape index (κ1) is 19.6. The van der Waals surface area contributed by atoms with Gasteiger partial charge < -0.3 is 5.11 Å². The number of aromatic amines is 1. The Hall–Kier alpha value is -3.75. The molecule has 30 heavy (non-hydrogen) atoms. The number of aromatic nitrogens is 3. The minimum atomic E-state index is -0.939. The molecule has 4 rings (SSSR count). The van der Waals surface area contributed by atoms with Gasteiger partial charge in [0.25, 0.3) is 5.56 Å². The number of halogens is 1. The van der Waals surface area contributed by atoms with Gasteiger partial charge in [0.15, 0.2) is 0 Å². The van der Waals surface area contributed by atoms with Crippen molar-refractivity contribution in [1.29, 1.82) is 0 Å². The molecule has 0 aliphatic carbocycles. The van der Waals surface area contributed by atoms with Crippen LogP contribution in [0.1, 0.15) is 36.4 Å². The molecule has 1 atom stereocenters. The first-order valence-electron chi connectivity index (χ1n) is 9.60. The number of para-hydroxylation sites is 1. The van der Waals surface area contributed by atoms with Gasteiger partial charge in [0.1, 0.15) is 11.4 Å². The van der Waals surface area contributed by atoms with E-state index in [0.29, 0.717) is 11.1 Å². The number of hydrazone groups is 1. The number of nitrogens with one attached hydrogen (secondary N) is 1. The Bertz CT molecular complexity index is 1190. The number of hydrogen-bond donors (Lipinski definition) is 2. The number of H-pyrrole nitrogens is 1. The molecule has 3 heterocycles. The van der Waals surface area contributed by atoms with Crippen LogP contribution in [0.2, 0.25) is 0 Å². The fourth-order valence-electron chi connectivity index (χ4n) is 3.61. The molecule has 1 saturated heterocycles. The Morgan fingerprint density at radius 2 is 2.03 bits per heavy atom. The standard InChI is InChI=1S/C21H20FN5O3/c22-16-7-1-2-9-18(16)27-20(29)15(19(28)25-21(27)30)13-24-26-11-4-3-8-17(26)14-6-5-10-23-12-14/h1-2,5-7,9-10,12-13,17,29H,3-4,8,11H2,(H,25,28,30)/b24-13+. The summed E-state index contributed by atoms with van der Waals surface area (Å²) in [6.07, 6.45) is 7.53. The fourth-order valence-corrected chi connectivity index (χ4v) is 3.61. The van der Waals surface area contributed by atoms with Gasteiger partial charge in [0.2, 0.25) is 5.88 Å². The molecule has 2 N–H and O–H groups in total. The van der Waals surface area contributed by atoms with Gasteiger partial charge in [0, 0.05) is 18.9 Å². The number of piperidine rings is 1. The van der Waals surface area contributed by atoms with Crippen molar-refractivity contribution in [1.82, 2.24) is 19.5 Å². The lowest BCUT2D eigenvalue weighted by molar-refractivity contribution is 0.156. The second kappa shape index (κ2) is 8.32. The molecular formula is C21H20FN5O3. The Morgan fingerprint density at radius 1 is 1.20 bits per heavy atom. The molecular weight excluding hydrogens is 389 g/mol. The Balaban J connectivity index is 1.73. The molecule has 0 bridgehead atoms. The zero-order chi connectivity index (χ0) is 21.1. The van der Waals surface area contributed by atoms with Gasteiger partial charge in [-0.3, -0.25) is 19.8 Å². The van der Waals surface area contributed by atoms with Crippen LogP contribution in [0.5, 0.6) is 5.88 Å². The molecule has 0 saturated carbocycles. The Labute approximate surface area is 171 Å². The molecule has 1 aliphatic rings. The third-order valence-corrected chi connectivity index (χ3v) is 5.09. The first-order valence-corrected chi connectivity index (χ1v) is 9.60. The van der Waals surface area contributed by atoms with E-state index in [4.69, 9.17) is 0 Å². The summed E-state index contributed by atoms with van der Waals surface area (Å²) < 4.78 is 14.9. The van der Waals surface area contributed by atoms with Crippen LogP contribution in [0.15, 0.2) is 63.5 Å². The second-order valence-electron chi connectivity index (χ2n) is 6.99. The quantitative estimate of drug-likeness (QED) is 0.644. The number of rotatable bonds is 4. The summed E-state index contributed by atoms with van der Waals surface area (Å²) in [5.74, 6) is -1.38. The van der Waals surface area contributed by atoms with Crippen LogP contribution in [-0.2, 0) is 0 Å². The summed E-state index contributed by atoms with van der Waals surface area (Å²) in [6.45, 7) is 0.668. The minimum absolute atomic E-state index is 0.0117. The lowest BCUT2D eigenvalue weighted by Gasteiger charge is -2.33. The zero-order valence-electron chi connectivity index (χ0n) is 16.0. The normalized spacial score (nSPS) is 16.8. The number of hydrogen-bond acceptors (Lipinski definition) is 6. The monoisotopic (exact) mass is 409 g/mol. The van der Waals surface area contributed by atoms with Crippen LogP contribution in [-0.4, -0.2) is 37.4 Å². The van der Waals surface area contributed by atoms with E-state index in [9.17, 15) is 19.1 Å². The van der Waals surface area contributed by atoms with Crippen molar-refractivity contribution < 1.29 is 9.50 Å². The van der Waals surface area contributed by atoms with Crippen LogP contribution >= 0.6 is 0 Å². The van der Waals surface area contributed by atoms with Gasteiger partial charge in [0.05, 0.1) is 17.9 Å². The average Bonchev–Trinajstić information content (AvgIpc) is 2.75. The summed E-state index contributed by atoms with van der Waals surface area (Å²) in [5.41, 5.74) is -1.14. The SMILES string of the molecule is O=c1[nH]c(=O)n(-c2ccccc2F)c(O)c1/C=N/N1CCCCC1c1cccnc1. The lowest BCUT2D eigenvalue weighted by atomic mass is 9.98. The maximum Gasteiger partial charge on any atom is 0.335 e. The molecule has 1 unspecified atom stereocenters. The van der Waals surface area contributed by atoms with Gasteiger partial charge >= 0.3 is 5.69 Å². The molecule has 9 heteroatoms. The van der Waals surface area contributed by atoms with Gasteiger partial charge in [-0.1, -0.05) is 18.2 Å². The molecule has 1 fully saturated rings. The minimum Gasteiger partial charge on any atom is -0.493 e. The van der Waals surface area contributed by atoms with E-state index in [1.807, 2.05) is 17.1 Å². The van der Waals surface area contributed by atoms with Gasteiger partial charge in [-0.2, -0.15) is 5.10 Å². The van der Waals surface area contributed by atoms with Crippen molar-refractivity contribution in [2.45, 2.75) is 25.3 Å². The highest BCUT2D eigenvalue weighted by Gasteiger charge is 2.23. The molecule has 154 valence electrons. The highest BCUT2D eigenvalue weighted by Crippen LogP contribution is 2.30. The van der Waals surface area contributed by atoms with Gasteiger partial charge in [-0.05, 0) is 43.0 Å². The zero-order valence-corrected chi connectivity index (χ0v) is 16.0. The summed E-state index contributed by atoms with van der Waals surface area (Å²) >= 11 is 0. The molecule has 0 amide bonds. The second-order valence-corrected chi connectivity index (χ2v) is 6.99. The van der Waals surface area contributed by atoms with Crippen molar-refractivity contribution in [3.05, 3.63) is 86.6 Å². The summed E-state index contributed by atoms with van der Waals surface area (Å²) in [6, 6.07) is 9.29. The van der Waals surface area contributed by atoms with Crippen LogP contribution in [0.4, 0.5) is 4.39 Å². The topological polar surface area (TPSA) is 104 Å². The molecule has 8 nitrogen and oxygen atoms in total. The molecule has 0 spiro atoms. The van der Waals surface area contributed by atoms with E-state index in [1.54, 1.807) is 12.4 Å². The number of nitrogens with zero attached hydrogens (tertiary/aromatic N) is 4. The fraction of sp³-hybridized carbons (Fsp3) is 0.238. The van der Waals surface area contributed by atoms with Crippen molar-refractivity contribution in [3.8, 4) is 11.6 Å². The van der Waals surface area contributed by atoms with E-state index in [1.165, 1.54) is 24.4 Å². The highest BCUT2D eigenvalue weighted by atomic mass is 19.1. The summed E-state index contributed by atoms with van der Waals surface area (Å²) in [5, 5.41) is 16.8. The third kappa shape index (κ3) is 3.73. The van der Waals surface area contributed by atoms with Crippen molar-refractivity contribution in [2.75, 3.05) is 6.54 Å². The maximum absolute atomic E-state index is 14.2. The molecule has 1 aromatic carbocycles. The van der Waals surface area contributed by atoms with Crippen molar-refractivity contribution >= 4 is 6.21 Å². The van der Waals surface area contributed by atoms with Crippen molar-refractivity contribution in [3.63, 3.8) is 0 Å². The molecule has 3 aromatic rings. The largest absolute Gasteiger partial charge is 0.493 e. The van der Waals surface area contributed by atoms with Crippen LogP contribution < -0.4 is 11.2 Å². The van der Waals surface area contributed by atoms with Crippen molar-refractivity contribution in [2.24, 2.45) is 5.10 Å². The Kier molecular flexibility index (Phi) is 5.42. The first-order chi connectivity index (χ1) is 14.6. The van der Waals surface area contributed by atoms with Crippen LogP contribution in [0.25, 0.3) is 5.69 Å². The van der Waals surface area contributed by atoms with Crippen LogP contribution in [0, 0.1) is 5.82 Å². The summed E-state index contributed by atoms with van der Waals surface area (Å²) in [7, 11) is 0. The number of aromatic hydroxyl groups is 1. The highest BCUT2D eigenvalue weighted by molar-refractivity contribution is 5.82. The summed E-state index contributed by atoms with van der Waals surface area (Å²) in [4.78, 5) is 30.8. The van der Waals surface area contributed by atoms with E-state index in [2.05, 4.69) is 15.1 Å². The van der Waals surface area contributed by atoms with Gasteiger partial charge in [-0.25, -0.2) is 13.8 Å². The average molecular weight is 409 g/mol. The number of benzene rings is 1. The van der Waals surface area contributed by atoms with E-state index in [0.717, 1.165) is 30.9 Å². The Morgan fingerprint density at radius 3 is 2.80 bits per heavy atom. The number of pyridine rings is 1. The predicted molar refractivity (Wildman–Crippen MR) is 109 cm³/mol.